The molecule has 35 heavy (non-hydrogen) atoms. The number of nitrogens with zero attached hydrogens (tertiary/aromatic N) is 2. The van der Waals surface area contributed by atoms with E-state index < -0.39 is 22.5 Å². The van der Waals surface area contributed by atoms with Crippen molar-refractivity contribution in [2.45, 2.75) is 11.8 Å². The maximum Gasteiger partial charge on any atom is 0.264 e. The number of anilines is 1. The van der Waals surface area contributed by atoms with Crippen molar-refractivity contribution in [1.82, 2.24) is 5.43 Å². The molecular weight excluding hydrogens is 486 g/mol. The number of phenolic OH excluding ortho intramolecular Hbond substituents is 1. The third-order valence-electron chi connectivity index (χ3n) is 5.35. The van der Waals surface area contributed by atoms with E-state index in [0.29, 0.717) is 5.56 Å². The van der Waals surface area contributed by atoms with E-state index in [-0.39, 0.29) is 21.4 Å². The van der Waals surface area contributed by atoms with Crippen molar-refractivity contribution in [2.24, 2.45) is 5.10 Å². The van der Waals surface area contributed by atoms with Crippen LogP contribution in [0.5, 0.6) is 5.75 Å². The average molecular weight is 508 g/mol. The summed E-state index contributed by atoms with van der Waals surface area (Å²) in [6.45, 7) is 1.29. The largest absolute Gasteiger partial charge is 0.507 e. The topological polar surface area (TPSA) is 99.1 Å². The van der Waals surface area contributed by atoms with Crippen molar-refractivity contribution in [3.05, 3.63) is 101 Å². The lowest BCUT2D eigenvalue weighted by Crippen LogP contribution is -2.39. The Labute approximate surface area is 208 Å². The number of fused-ring (bicyclic) bond motifs is 1. The maximum atomic E-state index is 13.4. The van der Waals surface area contributed by atoms with Gasteiger partial charge in [0, 0.05) is 5.56 Å². The first-order valence-corrected chi connectivity index (χ1v) is 12.5. The summed E-state index contributed by atoms with van der Waals surface area (Å²) in [6.07, 6.45) is 1.32. The van der Waals surface area contributed by atoms with Gasteiger partial charge < -0.3 is 5.11 Å². The Morgan fingerprint density at radius 3 is 2.43 bits per heavy atom. The van der Waals surface area contributed by atoms with Gasteiger partial charge in [0.15, 0.2) is 0 Å². The van der Waals surface area contributed by atoms with Crippen molar-refractivity contribution in [1.29, 1.82) is 0 Å². The van der Waals surface area contributed by atoms with Crippen molar-refractivity contribution < 1.29 is 18.3 Å². The summed E-state index contributed by atoms with van der Waals surface area (Å²) in [6, 6.07) is 23.4. The van der Waals surface area contributed by atoms with Crippen molar-refractivity contribution in [3.8, 4) is 5.75 Å². The molecule has 0 atom stereocenters. The van der Waals surface area contributed by atoms with E-state index in [1.54, 1.807) is 42.5 Å². The van der Waals surface area contributed by atoms with Crippen LogP contribution in [0.4, 0.5) is 5.69 Å². The van der Waals surface area contributed by atoms with E-state index in [0.717, 1.165) is 20.6 Å². The van der Waals surface area contributed by atoms with Gasteiger partial charge in [0.1, 0.15) is 12.3 Å². The van der Waals surface area contributed by atoms with Gasteiger partial charge in [-0.2, -0.15) is 5.10 Å². The lowest BCUT2D eigenvalue weighted by atomic mass is 10.0. The van der Waals surface area contributed by atoms with E-state index in [1.807, 2.05) is 31.2 Å². The van der Waals surface area contributed by atoms with Crippen molar-refractivity contribution >= 4 is 50.2 Å². The summed E-state index contributed by atoms with van der Waals surface area (Å²) >= 11 is 6.28. The Morgan fingerprint density at radius 2 is 1.69 bits per heavy atom. The highest BCUT2D eigenvalue weighted by atomic mass is 35.5. The van der Waals surface area contributed by atoms with Crippen LogP contribution in [-0.4, -0.2) is 32.2 Å². The van der Waals surface area contributed by atoms with Gasteiger partial charge in [-0.25, -0.2) is 13.8 Å². The van der Waals surface area contributed by atoms with Crippen LogP contribution in [0.2, 0.25) is 5.02 Å². The summed E-state index contributed by atoms with van der Waals surface area (Å²) in [7, 11) is -4.10. The third kappa shape index (κ3) is 5.29. The number of para-hydroxylation sites is 1. The minimum Gasteiger partial charge on any atom is -0.507 e. The van der Waals surface area contributed by atoms with Gasteiger partial charge in [0.25, 0.3) is 15.9 Å². The fraction of sp³-hybridized carbons (Fsp3) is 0.0769. The lowest BCUT2D eigenvalue weighted by molar-refractivity contribution is -0.119. The zero-order valence-corrected chi connectivity index (χ0v) is 20.3. The molecule has 0 unspecified atom stereocenters. The second-order valence-corrected chi connectivity index (χ2v) is 10.1. The monoisotopic (exact) mass is 507 g/mol. The molecule has 0 bridgehead atoms. The molecule has 0 radical (unpaired) electrons. The number of aromatic hydroxyl groups is 1. The first-order valence-electron chi connectivity index (χ1n) is 10.6. The van der Waals surface area contributed by atoms with Gasteiger partial charge >= 0.3 is 0 Å². The van der Waals surface area contributed by atoms with Crippen LogP contribution in [0.25, 0.3) is 10.8 Å². The number of phenols is 1. The van der Waals surface area contributed by atoms with E-state index in [4.69, 9.17) is 11.6 Å². The number of hydrogen-bond acceptors (Lipinski definition) is 5. The van der Waals surface area contributed by atoms with Gasteiger partial charge in [-0.15, -0.1) is 0 Å². The molecule has 0 spiro atoms. The fourth-order valence-corrected chi connectivity index (χ4v) is 5.27. The molecule has 9 heteroatoms. The molecule has 1 amide bonds. The number of aryl methyl sites for hydroxylation is 1. The lowest BCUT2D eigenvalue weighted by Gasteiger charge is -2.24. The molecular formula is C26H22ClN3O4S. The van der Waals surface area contributed by atoms with E-state index in [1.165, 1.54) is 24.4 Å². The van der Waals surface area contributed by atoms with E-state index in [2.05, 4.69) is 10.5 Å². The highest BCUT2D eigenvalue weighted by Crippen LogP contribution is 2.30. The first kappa shape index (κ1) is 24.3. The van der Waals surface area contributed by atoms with Crippen LogP contribution in [0.3, 0.4) is 0 Å². The molecule has 0 heterocycles. The summed E-state index contributed by atoms with van der Waals surface area (Å²) in [5, 5.41) is 16.0. The number of carbonyl (C=O) groups excluding carboxylic acids is 1. The zero-order chi connectivity index (χ0) is 25.0. The Balaban J connectivity index is 1.61. The number of amides is 1. The molecule has 0 fully saturated rings. The van der Waals surface area contributed by atoms with Crippen LogP contribution in [0.1, 0.15) is 11.1 Å². The predicted octanol–water partition coefficient (Wildman–Crippen LogP) is 4.85. The smallest absolute Gasteiger partial charge is 0.264 e. The van der Waals surface area contributed by atoms with Gasteiger partial charge in [0.05, 0.1) is 21.8 Å². The highest BCUT2D eigenvalue weighted by Gasteiger charge is 2.28. The summed E-state index contributed by atoms with van der Waals surface area (Å²) in [5.74, 6) is -0.682. The highest BCUT2D eigenvalue weighted by molar-refractivity contribution is 7.92. The number of carbonyl (C=O) groups is 1. The van der Waals surface area contributed by atoms with Gasteiger partial charge in [-0.3, -0.25) is 9.10 Å². The Morgan fingerprint density at radius 1 is 1.00 bits per heavy atom. The second-order valence-electron chi connectivity index (χ2n) is 7.79. The molecule has 7 nitrogen and oxygen atoms in total. The molecule has 178 valence electrons. The minimum absolute atomic E-state index is 0.00124. The number of halogens is 1. The minimum atomic E-state index is -4.10. The van der Waals surface area contributed by atoms with Crippen LogP contribution in [0.15, 0.2) is 94.9 Å². The third-order valence-corrected chi connectivity index (χ3v) is 7.44. The Kier molecular flexibility index (Phi) is 7.04. The maximum absolute atomic E-state index is 13.4. The molecule has 4 aromatic carbocycles. The summed E-state index contributed by atoms with van der Waals surface area (Å²) < 4.78 is 27.8. The zero-order valence-electron chi connectivity index (χ0n) is 18.7. The molecule has 2 N–H and O–H groups in total. The van der Waals surface area contributed by atoms with E-state index >= 15 is 0 Å². The van der Waals surface area contributed by atoms with Gasteiger partial charge in [0.2, 0.25) is 0 Å². The molecule has 0 aliphatic carbocycles. The van der Waals surface area contributed by atoms with Crippen LogP contribution in [-0.2, 0) is 14.8 Å². The number of hydrogen-bond donors (Lipinski definition) is 2. The molecule has 0 saturated heterocycles. The number of nitrogens with one attached hydrogen (secondary N) is 1. The Hall–Kier alpha value is -3.88. The standard InChI is InChI=1S/C26H22ClN3O4S/c1-18-10-13-20(14-11-18)35(33,34)30(24-9-5-4-8-23(24)27)17-26(32)29-28-16-22-21-7-3-2-6-19(21)12-15-25(22)31/h2-16,31H,17H2,1H3,(H,29,32). The normalized spacial score (nSPS) is 11.6. The first-order chi connectivity index (χ1) is 16.8. The predicted molar refractivity (Wildman–Crippen MR) is 139 cm³/mol. The SMILES string of the molecule is Cc1ccc(S(=O)(=O)N(CC(=O)NN=Cc2c(O)ccc3ccccc23)c2ccccc2Cl)cc1. The number of hydrazone groups is 1. The van der Waals surface area contributed by atoms with Crippen LogP contribution in [0, 0.1) is 6.92 Å². The Bertz CT molecular complexity index is 1520. The van der Waals surface area contributed by atoms with Crippen molar-refractivity contribution in [3.63, 3.8) is 0 Å². The van der Waals surface area contributed by atoms with E-state index in [9.17, 15) is 18.3 Å². The summed E-state index contributed by atoms with van der Waals surface area (Å²) in [4.78, 5) is 12.8. The second kappa shape index (κ2) is 10.2. The molecule has 0 aromatic heterocycles. The summed E-state index contributed by atoms with van der Waals surface area (Å²) in [5.41, 5.74) is 3.84. The van der Waals surface area contributed by atoms with Crippen LogP contribution >= 0.6 is 11.6 Å². The molecule has 0 saturated carbocycles. The van der Waals surface area contributed by atoms with Crippen LogP contribution < -0.4 is 9.73 Å². The molecule has 4 rings (SSSR count). The van der Waals surface area contributed by atoms with Gasteiger partial charge in [-0.1, -0.05) is 71.8 Å². The molecule has 0 aliphatic heterocycles. The number of rotatable bonds is 7. The number of sulfonamides is 1. The average Bonchev–Trinajstić information content (AvgIpc) is 2.84. The molecule has 0 aliphatic rings. The molecule has 4 aromatic rings. The van der Waals surface area contributed by atoms with Gasteiger partial charge in [-0.05, 0) is 48.0 Å². The quantitative estimate of drug-likeness (QED) is 0.276. The fourth-order valence-electron chi connectivity index (χ4n) is 3.55. The van der Waals surface area contributed by atoms with Crippen molar-refractivity contribution in [2.75, 3.05) is 10.8 Å². The number of benzene rings is 4.